The van der Waals surface area contributed by atoms with E-state index in [1.807, 2.05) is 13.1 Å². The van der Waals surface area contributed by atoms with Crippen LogP contribution < -0.4 is 5.73 Å². The maximum atomic E-state index is 5.57. The molecule has 2 N–H and O–H groups in total. The fourth-order valence-electron chi connectivity index (χ4n) is 0.872. The SMILES string of the molecule is COCCc1cc(N)n(C)n1. The molecule has 0 aliphatic carbocycles. The molecule has 0 spiro atoms. The van der Waals surface area contributed by atoms with Gasteiger partial charge in [-0.05, 0) is 0 Å². The number of aromatic nitrogens is 2. The first kappa shape index (κ1) is 8.07. The molecule has 0 unspecified atom stereocenters. The standard InChI is InChI=1S/C7H13N3O/c1-10-7(8)5-6(9-10)3-4-11-2/h5H,3-4,8H2,1-2H3. The van der Waals surface area contributed by atoms with Gasteiger partial charge in [-0.25, -0.2) is 0 Å². The first-order valence-corrected chi connectivity index (χ1v) is 3.51. The topological polar surface area (TPSA) is 53.1 Å². The molecule has 4 heteroatoms. The van der Waals surface area contributed by atoms with Crippen LogP contribution in [0.15, 0.2) is 6.07 Å². The van der Waals surface area contributed by atoms with E-state index < -0.39 is 0 Å². The second kappa shape index (κ2) is 3.39. The highest BCUT2D eigenvalue weighted by atomic mass is 16.5. The van der Waals surface area contributed by atoms with Gasteiger partial charge >= 0.3 is 0 Å². The van der Waals surface area contributed by atoms with Crippen LogP contribution in [0.25, 0.3) is 0 Å². The molecule has 0 bridgehead atoms. The fourth-order valence-corrected chi connectivity index (χ4v) is 0.872. The van der Waals surface area contributed by atoms with Gasteiger partial charge in [-0.2, -0.15) is 5.10 Å². The maximum absolute atomic E-state index is 5.57. The fraction of sp³-hybridized carbons (Fsp3) is 0.571. The molecule has 1 aromatic rings. The van der Waals surface area contributed by atoms with Gasteiger partial charge in [0.2, 0.25) is 0 Å². The summed E-state index contributed by atoms with van der Waals surface area (Å²) in [5.74, 6) is 0.691. The Morgan fingerprint density at radius 1 is 1.73 bits per heavy atom. The molecule has 1 rings (SSSR count). The third kappa shape index (κ3) is 1.94. The van der Waals surface area contributed by atoms with Crippen LogP contribution in [0.1, 0.15) is 5.69 Å². The Morgan fingerprint density at radius 2 is 2.45 bits per heavy atom. The van der Waals surface area contributed by atoms with Gasteiger partial charge in [0.15, 0.2) is 0 Å². The van der Waals surface area contributed by atoms with E-state index in [-0.39, 0.29) is 0 Å². The van der Waals surface area contributed by atoms with Gasteiger partial charge in [-0.1, -0.05) is 0 Å². The first-order chi connectivity index (χ1) is 5.24. The molecule has 62 valence electrons. The predicted molar refractivity (Wildman–Crippen MR) is 43.2 cm³/mol. The summed E-state index contributed by atoms with van der Waals surface area (Å²) in [6.45, 7) is 0.691. The normalized spacial score (nSPS) is 10.4. The van der Waals surface area contributed by atoms with Crippen molar-refractivity contribution in [2.75, 3.05) is 19.5 Å². The maximum Gasteiger partial charge on any atom is 0.121 e. The van der Waals surface area contributed by atoms with Crippen LogP contribution in [0.3, 0.4) is 0 Å². The molecule has 1 aromatic heterocycles. The Hall–Kier alpha value is -1.03. The van der Waals surface area contributed by atoms with Gasteiger partial charge in [-0.3, -0.25) is 4.68 Å². The lowest BCUT2D eigenvalue weighted by Gasteiger charge is -1.92. The van der Waals surface area contributed by atoms with Crippen LogP contribution in [0, 0.1) is 0 Å². The quantitative estimate of drug-likeness (QED) is 0.678. The summed E-state index contributed by atoms with van der Waals surface area (Å²) in [5, 5.41) is 4.16. The summed E-state index contributed by atoms with van der Waals surface area (Å²) in [6.07, 6.45) is 0.821. The Labute approximate surface area is 66.0 Å². The average Bonchev–Trinajstić information content (AvgIpc) is 2.28. The summed E-state index contributed by atoms with van der Waals surface area (Å²) in [6, 6.07) is 1.86. The summed E-state index contributed by atoms with van der Waals surface area (Å²) >= 11 is 0. The molecule has 4 nitrogen and oxygen atoms in total. The molecule has 0 saturated heterocycles. The highest BCUT2D eigenvalue weighted by Gasteiger charge is 1.99. The van der Waals surface area contributed by atoms with Crippen LogP contribution in [-0.2, 0) is 18.2 Å². The number of nitrogen functional groups attached to an aromatic ring is 1. The van der Waals surface area contributed by atoms with E-state index in [1.165, 1.54) is 0 Å². The van der Waals surface area contributed by atoms with Crippen molar-refractivity contribution < 1.29 is 4.74 Å². The number of ether oxygens (including phenoxy) is 1. The molecule has 0 amide bonds. The molecule has 0 radical (unpaired) electrons. The van der Waals surface area contributed by atoms with Crippen LogP contribution in [0.2, 0.25) is 0 Å². The zero-order chi connectivity index (χ0) is 8.27. The van der Waals surface area contributed by atoms with Crippen molar-refractivity contribution in [2.45, 2.75) is 6.42 Å². The van der Waals surface area contributed by atoms with Crippen LogP contribution in [0.5, 0.6) is 0 Å². The average molecular weight is 155 g/mol. The van der Waals surface area contributed by atoms with Crippen molar-refractivity contribution in [3.8, 4) is 0 Å². The molecule has 0 atom stereocenters. The van der Waals surface area contributed by atoms with E-state index in [2.05, 4.69) is 5.10 Å². The molecule has 0 aliphatic rings. The summed E-state index contributed by atoms with van der Waals surface area (Å²) in [7, 11) is 3.50. The smallest absolute Gasteiger partial charge is 0.121 e. The minimum atomic E-state index is 0.691. The number of methoxy groups -OCH3 is 1. The molecule has 0 aromatic carbocycles. The van der Waals surface area contributed by atoms with Crippen molar-refractivity contribution in [2.24, 2.45) is 7.05 Å². The Kier molecular flexibility index (Phi) is 2.48. The summed E-state index contributed by atoms with van der Waals surface area (Å²) < 4.78 is 6.56. The minimum absolute atomic E-state index is 0.691. The highest BCUT2D eigenvalue weighted by molar-refractivity contribution is 5.30. The zero-order valence-electron chi connectivity index (χ0n) is 6.87. The zero-order valence-corrected chi connectivity index (χ0v) is 6.87. The Balaban J connectivity index is 2.58. The van der Waals surface area contributed by atoms with Crippen molar-refractivity contribution in [1.82, 2.24) is 9.78 Å². The van der Waals surface area contributed by atoms with Crippen LogP contribution in [0.4, 0.5) is 5.82 Å². The molecular weight excluding hydrogens is 142 g/mol. The van der Waals surface area contributed by atoms with Crippen molar-refractivity contribution in [3.63, 3.8) is 0 Å². The lowest BCUT2D eigenvalue weighted by molar-refractivity contribution is 0.201. The minimum Gasteiger partial charge on any atom is -0.384 e. The lowest BCUT2D eigenvalue weighted by Crippen LogP contribution is -1.98. The molecule has 0 saturated carbocycles. The van der Waals surface area contributed by atoms with E-state index in [1.54, 1.807) is 11.8 Å². The molecule has 11 heavy (non-hydrogen) atoms. The predicted octanol–water partition coefficient (Wildman–Crippen LogP) is 0.191. The largest absolute Gasteiger partial charge is 0.384 e. The number of aryl methyl sites for hydroxylation is 1. The number of hydrogen-bond acceptors (Lipinski definition) is 3. The van der Waals surface area contributed by atoms with E-state index >= 15 is 0 Å². The van der Waals surface area contributed by atoms with E-state index in [4.69, 9.17) is 10.5 Å². The molecule has 1 heterocycles. The van der Waals surface area contributed by atoms with Crippen molar-refractivity contribution in [3.05, 3.63) is 11.8 Å². The van der Waals surface area contributed by atoms with Crippen LogP contribution in [-0.4, -0.2) is 23.5 Å². The van der Waals surface area contributed by atoms with Gasteiger partial charge in [0.05, 0.1) is 12.3 Å². The van der Waals surface area contributed by atoms with Gasteiger partial charge in [-0.15, -0.1) is 0 Å². The number of anilines is 1. The van der Waals surface area contributed by atoms with Crippen molar-refractivity contribution >= 4 is 5.82 Å². The molecular formula is C7H13N3O. The third-order valence-electron chi connectivity index (χ3n) is 1.53. The summed E-state index contributed by atoms with van der Waals surface area (Å²) in [5.41, 5.74) is 6.55. The number of nitrogens with zero attached hydrogens (tertiary/aromatic N) is 2. The first-order valence-electron chi connectivity index (χ1n) is 3.51. The second-order valence-corrected chi connectivity index (χ2v) is 2.43. The van der Waals surface area contributed by atoms with E-state index in [0.29, 0.717) is 12.4 Å². The Morgan fingerprint density at radius 3 is 2.91 bits per heavy atom. The number of hydrogen-bond donors (Lipinski definition) is 1. The summed E-state index contributed by atoms with van der Waals surface area (Å²) in [4.78, 5) is 0. The lowest BCUT2D eigenvalue weighted by atomic mass is 10.3. The van der Waals surface area contributed by atoms with E-state index in [9.17, 15) is 0 Å². The van der Waals surface area contributed by atoms with Gasteiger partial charge < -0.3 is 10.5 Å². The number of rotatable bonds is 3. The molecule has 0 fully saturated rings. The van der Waals surface area contributed by atoms with E-state index in [0.717, 1.165) is 12.1 Å². The monoisotopic (exact) mass is 155 g/mol. The van der Waals surface area contributed by atoms with Crippen molar-refractivity contribution in [1.29, 1.82) is 0 Å². The van der Waals surface area contributed by atoms with Gasteiger partial charge in [0.25, 0.3) is 0 Å². The van der Waals surface area contributed by atoms with Gasteiger partial charge in [0, 0.05) is 26.6 Å². The Bertz CT molecular complexity index is 212. The molecule has 0 aliphatic heterocycles. The van der Waals surface area contributed by atoms with Crippen LogP contribution >= 0.6 is 0 Å². The number of nitrogens with two attached hydrogens (primary N) is 1. The highest BCUT2D eigenvalue weighted by Crippen LogP contribution is 2.04. The third-order valence-corrected chi connectivity index (χ3v) is 1.53. The second-order valence-electron chi connectivity index (χ2n) is 2.43. The van der Waals surface area contributed by atoms with Gasteiger partial charge in [0.1, 0.15) is 5.82 Å².